The molecule has 36 heavy (non-hydrogen) atoms. The van der Waals surface area contributed by atoms with Crippen LogP contribution < -0.4 is 10.1 Å². The molecule has 0 bridgehead atoms. The van der Waals surface area contributed by atoms with Gasteiger partial charge in [-0.15, -0.1) is 10.2 Å². The number of anilines is 1. The molecule has 0 amide bonds. The van der Waals surface area contributed by atoms with E-state index in [4.69, 9.17) is 9.15 Å². The van der Waals surface area contributed by atoms with Gasteiger partial charge in [-0.3, -0.25) is 10.1 Å². The monoisotopic (exact) mass is 503 g/mol. The van der Waals surface area contributed by atoms with Crippen LogP contribution in [0.4, 0.5) is 11.4 Å². The van der Waals surface area contributed by atoms with Gasteiger partial charge < -0.3 is 14.5 Å². The Balaban J connectivity index is 1.46. The number of benzene rings is 2. The second-order valence-corrected chi connectivity index (χ2v) is 9.51. The zero-order valence-electron chi connectivity index (χ0n) is 19.9. The Labute approximate surface area is 212 Å². The SMILES string of the molecule is CCCCCSc1nnc2c(n1)O[C@H](c1ccc(-c3ccc([N+](=O)[O-])cc3C)o1)Nc1ccccc1-2. The lowest BCUT2D eigenvalue weighted by molar-refractivity contribution is -0.384. The molecule has 0 radical (unpaired) electrons. The molecule has 10 heteroatoms. The number of nitrogens with one attached hydrogen (secondary N) is 1. The summed E-state index contributed by atoms with van der Waals surface area (Å²) in [7, 11) is 0. The van der Waals surface area contributed by atoms with Crippen molar-refractivity contribution in [3.8, 4) is 28.5 Å². The third-order valence-corrected chi connectivity index (χ3v) is 6.81. The van der Waals surface area contributed by atoms with Crippen LogP contribution in [-0.2, 0) is 0 Å². The second-order valence-electron chi connectivity index (χ2n) is 8.45. The highest BCUT2D eigenvalue weighted by Gasteiger charge is 2.28. The van der Waals surface area contributed by atoms with Crippen molar-refractivity contribution in [1.29, 1.82) is 0 Å². The molecule has 2 aromatic carbocycles. The van der Waals surface area contributed by atoms with Gasteiger partial charge in [-0.1, -0.05) is 49.7 Å². The van der Waals surface area contributed by atoms with Gasteiger partial charge in [0.1, 0.15) is 5.76 Å². The number of thioether (sulfide) groups is 1. The van der Waals surface area contributed by atoms with Crippen LogP contribution in [0.2, 0.25) is 0 Å². The molecule has 9 nitrogen and oxygen atoms in total. The second kappa shape index (κ2) is 10.4. The van der Waals surface area contributed by atoms with Gasteiger partial charge in [-0.25, -0.2) is 0 Å². The largest absolute Gasteiger partial charge is 0.455 e. The van der Waals surface area contributed by atoms with Gasteiger partial charge in [0.05, 0.1) is 4.92 Å². The summed E-state index contributed by atoms with van der Waals surface area (Å²) in [6, 6.07) is 16.1. The minimum atomic E-state index is -0.658. The van der Waals surface area contributed by atoms with Crippen molar-refractivity contribution >= 4 is 23.1 Å². The van der Waals surface area contributed by atoms with Crippen LogP contribution in [0.5, 0.6) is 5.88 Å². The summed E-state index contributed by atoms with van der Waals surface area (Å²) in [5.74, 6) is 2.44. The highest BCUT2D eigenvalue weighted by molar-refractivity contribution is 7.99. The van der Waals surface area contributed by atoms with Crippen LogP contribution in [0.3, 0.4) is 0 Å². The van der Waals surface area contributed by atoms with Crippen molar-refractivity contribution in [1.82, 2.24) is 15.2 Å². The van der Waals surface area contributed by atoms with Crippen molar-refractivity contribution in [2.45, 2.75) is 44.5 Å². The molecule has 184 valence electrons. The fraction of sp³-hybridized carbons (Fsp3) is 0.269. The Bertz CT molecular complexity index is 1410. The number of para-hydroxylation sites is 1. The van der Waals surface area contributed by atoms with Gasteiger partial charge in [-0.2, -0.15) is 4.98 Å². The zero-order chi connectivity index (χ0) is 25.1. The highest BCUT2D eigenvalue weighted by atomic mass is 32.2. The number of hydrogen-bond donors (Lipinski definition) is 1. The first-order valence-electron chi connectivity index (χ1n) is 11.8. The summed E-state index contributed by atoms with van der Waals surface area (Å²) in [5, 5.41) is 23.8. The maximum absolute atomic E-state index is 11.1. The van der Waals surface area contributed by atoms with E-state index < -0.39 is 11.2 Å². The van der Waals surface area contributed by atoms with Gasteiger partial charge in [0.2, 0.25) is 17.3 Å². The Hall–Kier alpha value is -3.92. The number of fused-ring (bicyclic) bond motifs is 3. The molecule has 4 aromatic rings. The average Bonchev–Trinajstić information content (AvgIpc) is 3.30. The lowest BCUT2D eigenvalue weighted by Crippen LogP contribution is -2.16. The van der Waals surface area contributed by atoms with Crippen LogP contribution in [0, 0.1) is 17.0 Å². The minimum Gasteiger partial charge on any atom is -0.455 e. The Kier molecular flexibility index (Phi) is 6.86. The topological polar surface area (TPSA) is 116 Å². The first kappa shape index (κ1) is 23.8. The fourth-order valence-electron chi connectivity index (χ4n) is 4.03. The number of aromatic nitrogens is 3. The van der Waals surface area contributed by atoms with Gasteiger partial charge in [-0.05, 0) is 43.2 Å². The number of rotatable bonds is 8. The summed E-state index contributed by atoms with van der Waals surface area (Å²) in [6.45, 7) is 3.99. The summed E-state index contributed by atoms with van der Waals surface area (Å²) in [4.78, 5) is 15.4. The molecule has 0 aliphatic carbocycles. The van der Waals surface area contributed by atoms with E-state index in [1.165, 1.54) is 12.1 Å². The van der Waals surface area contributed by atoms with Crippen LogP contribution in [0.25, 0.3) is 22.6 Å². The van der Waals surface area contributed by atoms with E-state index in [9.17, 15) is 10.1 Å². The lowest BCUT2D eigenvalue weighted by Gasteiger charge is -2.16. The lowest BCUT2D eigenvalue weighted by atomic mass is 10.1. The first-order chi connectivity index (χ1) is 17.5. The Morgan fingerprint density at radius 3 is 2.75 bits per heavy atom. The molecule has 1 aliphatic rings. The van der Waals surface area contributed by atoms with E-state index >= 15 is 0 Å². The van der Waals surface area contributed by atoms with Gasteiger partial charge in [0.15, 0.2) is 11.5 Å². The van der Waals surface area contributed by atoms with E-state index in [0.29, 0.717) is 28.3 Å². The predicted molar refractivity (Wildman–Crippen MR) is 138 cm³/mol. The van der Waals surface area contributed by atoms with Crippen molar-refractivity contribution in [3.05, 3.63) is 76.0 Å². The molecule has 0 fully saturated rings. The van der Waals surface area contributed by atoms with Crippen LogP contribution in [0.1, 0.15) is 43.7 Å². The molecule has 3 heterocycles. The quantitative estimate of drug-likeness (QED) is 0.120. The third kappa shape index (κ3) is 4.90. The molecule has 1 N–H and O–H groups in total. The highest BCUT2D eigenvalue weighted by Crippen LogP contribution is 2.40. The first-order valence-corrected chi connectivity index (χ1v) is 12.8. The summed E-state index contributed by atoms with van der Waals surface area (Å²) in [5.41, 5.74) is 3.80. The summed E-state index contributed by atoms with van der Waals surface area (Å²) >= 11 is 1.57. The zero-order valence-corrected chi connectivity index (χ0v) is 20.7. The summed E-state index contributed by atoms with van der Waals surface area (Å²) in [6.07, 6.45) is 2.75. The van der Waals surface area contributed by atoms with Gasteiger partial charge >= 0.3 is 0 Å². The van der Waals surface area contributed by atoms with E-state index in [0.717, 1.165) is 47.4 Å². The molecule has 5 rings (SSSR count). The molecule has 0 spiro atoms. The van der Waals surface area contributed by atoms with Gasteiger partial charge in [0.25, 0.3) is 5.69 Å². The van der Waals surface area contributed by atoms with E-state index in [2.05, 4.69) is 27.4 Å². The normalized spacial score (nSPS) is 14.2. The maximum Gasteiger partial charge on any atom is 0.269 e. The van der Waals surface area contributed by atoms with E-state index in [1.54, 1.807) is 17.8 Å². The van der Waals surface area contributed by atoms with Crippen molar-refractivity contribution in [3.63, 3.8) is 0 Å². The van der Waals surface area contributed by atoms with Crippen LogP contribution in [0.15, 0.2) is 64.2 Å². The molecule has 0 saturated carbocycles. The maximum atomic E-state index is 11.1. The number of ether oxygens (including phenoxy) is 1. The van der Waals surface area contributed by atoms with Crippen molar-refractivity contribution < 1.29 is 14.1 Å². The molecule has 0 saturated heterocycles. The number of nitro groups is 1. The number of furan rings is 1. The fourth-order valence-corrected chi connectivity index (χ4v) is 4.81. The number of nitrogens with zero attached hydrogens (tertiary/aromatic N) is 4. The molecule has 1 atom stereocenters. The molecular formula is C26H25N5O4S. The molecular weight excluding hydrogens is 478 g/mol. The molecule has 1 aliphatic heterocycles. The smallest absolute Gasteiger partial charge is 0.269 e. The standard InChI is InChI=1S/C26H25N5O4S/c1-3-4-7-14-36-26-28-25-23(29-30-26)19-8-5-6-9-20(19)27-24(35-25)22-13-12-21(34-22)18-11-10-17(31(32)33)15-16(18)2/h5-6,8-13,15,24,27H,3-4,7,14H2,1-2H3/t24-/m1/s1. The van der Waals surface area contributed by atoms with E-state index in [-0.39, 0.29) is 5.69 Å². The Morgan fingerprint density at radius 2 is 1.94 bits per heavy atom. The predicted octanol–water partition coefficient (Wildman–Crippen LogP) is 6.80. The summed E-state index contributed by atoms with van der Waals surface area (Å²) < 4.78 is 12.5. The Morgan fingerprint density at radius 1 is 1.08 bits per heavy atom. The van der Waals surface area contributed by atoms with E-state index in [1.807, 2.05) is 43.3 Å². The number of nitro benzene ring substituents is 1. The van der Waals surface area contributed by atoms with Crippen molar-refractivity contribution in [2.24, 2.45) is 0 Å². The van der Waals surface area contributed by atoms with Crippen molar-refractivity contribution in [2.75, 3.05) is 11.1 Å². The van der Waals surface area contributed by atoms with Crippen LogP contribution in [-0.4, -0.2) is 25.9 Å². The third-order valence-electron chi connectivity index (χ3n) is 5.88. The molecule has 2 aromatic heterocycles. The van der Waals surface area contributed by atoms with Gasteiger partial charge in [0, 0.05) is 34.7 Å². The number of non-ortho nitro benzene ring substituents is 1. The number of hydrogen-bond acceptors (Lipinski definition) is 9. The minimum absolute atomic E-state index is 0.0422. The molecule has 0 unspecified atom stereocenters. The van der Waals surface area contributed by atoms with Crippen LogP contribution >= 0.6 is 11.8 Å². The number of aryl methyl sites for hydroxylation is 1. The number of unbranched alkanes of at least 4 members (excludes halogenated alkanes) is 2. The average molecular weight is 504 g/mol.